The second kappa shape index (κ2) is 6.03. The quantitative estimate of drug-likeness (QED) is 0.733. The minimum absolute atomic E-state index is 0.0147. The number of anilines is 1. The molecule has 7 heteroatoms. The fourth-order valence-electron chi connectivity index (χ4n) is 2.91. The molecule has 4 rings (SSSR count). The van der Waals surface area contributed by atoms with Crippen molar-refractivity contribution in [1.82, 2.24) is 9.97 Å². The van der Waals surface area contributed by atoms with Gasteiger partial charge in [0.2, 0.25) is 0 Å². The molecule has 6 nitrogen and oxygen atoms in total. The zero-order valence-electron chi connectivity index (χ0n) is 14.2. The Balaban J connectivity index is 1.66. The highest BCUT2D eigenvalue weighted by Crippen LogP contribution is 2.36. The van der Waals surface area contributed by atoms with Crippen LogP contribution < -0.4 is 5.32 Å². The average molecular weight is 364 g/mol. The first-order chi connectivity index (χ1) is 12.4. The smallest absolute Gasteiger partial charge is 0.354 e. The van der Waals surface area contributed by atoms with E-state index in [0.29, 0.717) is 0 Å². The highest BCUT2D eigenvalue weighted by atomic mass is 32.1. The van der Waals surface area contributed by atoms with E-state index in [9.17, 15) is 4.79 Å². The van der Waals surface area contributed by atoms with Gasteiger partial charge in [0.05, 0.1) is 11.2 Å². The fraction of sp³-hybridized carbons (Fsp3) is 0.158. The number of aromatic carboxylic acids is 1. The van der Waals surface area contributed by atoms with Crippen molar-refractivity contribution in [2.45, 2.75) is 19.4 Å². The zero-order chi connectivity index (χ0) is 18.3. The third-order valence-corrected chi connectivity index (χ3v) is 5.06. The van der Waals surface area contributed by atoms with Gasteiger partial charge in [0.1, 0.15) is 5.69 Å². The molecule has 0 unspecified atom stereocenters. The second-order valence-corrected chi connectivity index (χ2v) is 7.32. The summed E-state index contributed by atoms with van der Waals surface area (Å²) in [6, 6.07) is 11.3. The number of para-hydroxylation sites is 1. The largest absolute Gasteiger partial charge is 0.477 e. The van der Waals surface area contributed by atoms with Crippen molar-refractivity contribution in [2.75, 3.05) is 5.32 Å². The van der Waals surface area contributed by atoms with Crippen LogP contribution in [-0.2, 0) is 5.54 Å². The lowest BCUT2D eigenvalue weighted by Crippen LogP contribution is -2.29. The van der Waals surface area contributed by atoms with Crippen molar-refractivity contribution in [3.8, 4) is 11.3 Å². The maximum Gasteiger partial charge on any atom is 0.354 e. The Labute approximate surface area is 154 Å². The monoisotopic (exact) mass is 364 g/mol. The van der Waals surface area contributed by atoms with E-state index in [1.807, 2.05) is 23.6 Å². The third kappa shape index (κ3) is 2.86. The standard InChI is InChI=1S/C19H16N4O2S/c1-19(2)12-5-3-4-6-13(12)21-16(23-19)17-22-15(10-26-17)11-7-8-14(18(24)25)20-9-11/h3-10H,1-2H3,(H,21,23)(H,24,25). The van der Waals surface area contributed by atoms with E-state index in [1.54, 1.807) is 6.07 Å². The van der Waals surface area contributed by atoms with Crippen molar-refractivity contribution in [3.05, 3.63) is 64.2 Å². The first-order valence-electron chi connectivity index (χ1n) is 8.06. The second-order valence-electron chi connectivity index (χ2n) is 6.47. The van der Waals surface area contributed by atoms with Crippen LogP contribution in [0.15, 0.2) is 53.0 Å². The summed E-state index contributed by atoms with van der Waals surface area (Å²) in [6.45, 7) is 4.16. The molecule has 0 saturated carbocycles. The van der Waals surface area contributed by atoms with Crippen LogP contribution >= 0.6 is 11.3 Å². The number of carboxylic acids is 1. The first-order valence-corrected chi connectivity index (χ1v) is 8.94. The van der Waals surface area contributed by atoms with Gasteiger partial charge >= 0.3 is 5.97 Å². The molecule has 2 aromatic heterocycles. The Kier molecular flexibility index (Phi) is 3.81. The number of nitrogens with zero attached hydrogens (tertiary/aromatic N) is 3. The van der Waals surface area contributed by atoms with E-state index in [-0.39, 0.29) is 11.2 Å². The molecule has 26 heavy (non-hydrogen) atoms. The van der Waals surface area contributed by atoms with Crippen LogP contribution in [0.4, 0.5) is 5.69 Å². The predicted octanol–water partition coefficient (Wildman–Crippen LogP) is 4.01. The maximum atomic E-state index is 10.9. The van der Waals surface area contributed by atoms with Crippen LogP contribution in [0.1, 0.15) is 34.9 Å². The Hall–Kier alpha value is -3.06. The summed E-state index contributed by atoms with van der Waals surface area (Å²) in [5, 5.41) is 15.0. The number of thiazole rings is 1. The summed E-state index contributed by atoms with van der Waals surface area (Å²) in [6.07, 6.45) is 1.53. The summed E-state index contributed by atoms with van der Waals surface area (Å²) in [5.74, 6) is -0.308. The number of aromatic nitrogens is 2. The molecular weight excluding hydrogens is 348 g/mol. The minimum Gasteiger partial charge on any atom is -0.477 e. The van der Waals surface area contributed by atoms with Gasteiger partial charge in [0, 0.05) is 28.4 Å². The van der Waals surface area contributed by atoms with Gasteiger partial charge in [0.25, 0.3) is 0 Å². The molecule has 0 fully saturated rings. The van der Waals surface area contributed by atoms with Crippen molar-refractivity contribution in [3.63, 3.8) is 0 Å². The number of fused-ring (bicyclic) bond motifs is 1. The molecule has 1 aliphatic rings. The molecule has 3 aromatic rings. The van der Waals surface area contributed by atoms with Crippen LogP contribution in [0.25, 0.3) is 11.3 Å². The van der Waals surface area contributed by atoms with E-state index >= 15 is 0 Å². The lowest BCUT2D eigenvalue weighted by atomic mass is 9.92. The summed E-state index contributed by atoms with van der Waals surface area (Å²) < 4.78 is 0. The van der Waals surface area contributed by atoms with Gasteiger partial charge < -0.3 is 10.4 Å². The van der Waals surface area contributed by atoms with Crippen molar-refractivity contribution in [2.24, 2.45) is 4.99 Å². The number of carboxylic acid groups (broad SMARTS) is 1. The lowest BCUT2D eigenvalue weighted by molar-refractivity contribution is 0.0690. The Morgan fingerprint density at radius 1 is 1.19 bits per heavy atom. The highest BCUT2D eigenvalue weighted by Gasteiger charge is 2.29. The van der Waals surface area contributed by atoms with E-state index in [1.165, 1.54) is 23.6 Å². The number of hydrogen-bond acceptors (Lipinski definition) is 6. The van der Waals surface area contributed by atoms with Crippen LogP contribution in [0.3, 0.4) is 0 Å². The number of amidine groups is 1. The molecule has 0 saturated heterocycles. The molecule has 1 aliphatic heterocycles. The molecule has 0 aliphatic carbocycles. The van der Waals surface area contributed by atoms with Gasteiger partial charge in [-0.3, -0.25) is 4.99 Å². The number of benzene rings is 1. The summed E-state index contributed by atoms with van der Waals surface area (Å²) in [4.78, 5) is 24.4. The van der Waals surface area contributed by atoms with Gasteiger partial charge in [-0.05, 0) is 32.0 Å². The summed E-state index contributed by atoms with van der Waals surface area (Å²) >= 11 is 1.49. The number of pyridine rings is 1. The van der Waals surface area contributed by atoms with Gasteiger partial charge in [-0.1, -0.05) is 18.2 Å². The highest BCUT2D eigenvalue weighted by molar-refractivity contribution is 7.12. The van der Waals surface area contributed by atoms with Crippen molar-refractivity contribution >= 4 is 28.8 Å². The van der Waals surface area contributed by atoms with Gasteiger partial charge in [-0.25, -0.2) is 14.8 Å². The average Bonchev–Trinajstić information content (AvgIpc) is 3.11. The number of nitrogens with one attached hydrogen (secondary N) is 1. The summed E-state index contributed by atoms with van der Waals surface area (Å²) in [7, 11) is 0. The number of hydrogen-bond donors (Lipinski definition) is 2. The molecule has 130 valence electrons. The normalized spacial score (nSPS) is 14.9. The Morgan fingerprint density at radius 3 is 2.73 bits per heavy atom. The molecule has 2 N–H and O–H groups in total. The van der Waals surface area contributed by atoms with Crippen LogP contribution in [0.5, 0.6) is 0 Å². The number of rotatable bonds is 3. The molecule has 0 radical (unpaired) electrons. The van der Waals surface area contributed by atoms with E-state index in [4.69, 9.17) is 10.1 Å². The van der Waals surface area contributed by atoms with Gasteiger partial charge in [-0.15, -0.1) is 11.3 Å². The fourth-order valence-corrected chi connectivity index (χ4v) is 3.68. The zero-order valence-corrected chi connectivity index (χ0v) is 15.0. The van der Waals surface area contributed by atoms with Gasteiger partial charge in [0.15, 0.2) is 10.8 Å². The first kappa shape index (κ1) is 16.4. The molecular formula is C19H16N4O2S. The molecule has 1 aromatic carbocycles. The maximum absolute atomic E-state index is 10.9. The summed E-state index contributed by atoms with van der Waals surface area (Å²) in [5.41, 5.74) is 3.37. The van der Waals surface area contributed by atoms with Gasteiger partial charge in [-0.2, -0.15) is 0 Å². The molecule has 3 heterocycles. The topological polar surface area (TPSA) is 87.5 Å². The molecule has 0 spiro atoms. The Morgan fingerprint density at radius 2 is 2.00 bits per heavy atom. The molecule has 0 atom stereocenters. The van der Waals surface area contributed by atoms with Crippen molar-refractivity contribution < 1.29 is 9.90 Å². The van der Waals surface area contributed by atoms with Crippen LogP contribution in [-0.4, -0.2) is 26.9 Å². The van der Waals surface area contributed by atoms with Crippen LogP contribution in [0, 0.1) is 0 Å². The minimum atomic E-state index is -1.04. The SMILES string of the molecule is CC1(C)N=C(c2nc(-c3ccc(C(=O)O)nc3)cs2)Nc2ccccc21. The Bertz CT molecular complexity index is 1020. The number of carbonyl (C=O) groups is 1. The van der Waals surface area contributed by atoms with Crippen molar-refractivity contribution in [1.29, 1.82) is 0 Å². The van der Waals surface area contributed by atoms with Crippen LogP contribution in [0.2, 0.25) is 0 Å². The van der Waals surface area contributed by atoms with E-state index < -0.39 is 5.97 Å². The third-order valence-electron chi connectivity index (χ3n) is 4.22. The number of aliphatic imine (C=N–C) groups is 1. The van der Waals surface area contributed by atoms with E-state index in [0.717, 1.165) is 33.4 Å². The predicted molar refractivity (Wildman–Crippen MR) is 102 cm³/mol. The molecule has 0 amide bonds. The van der Waals surface area contributed by atoms with E-state index in [2.05, 4.69) is 35.2 Å². The molecule has 0 bridgehead atoms. The lowest BCUT2D eigenvalue weighted by Gasteiger charge is -2.30.